The molecule has 2 heterocycles. The molecule has 2 fully saturated rings. The minimum atomic E-state index is -4.98. The maximum absolute atomic E-state index is 11.1. The Morgan fingerprint density at radius 2 is 1.38 bits per heavy atom. The van der Waals surface area contributed by atoms with Crippen molar-refractivity contribution in [1.29, 1.82) is 0 Å². The summed E-state index contributed by atoms with van der Waals surface area (Å²) in [5.74, 6) is 0.539. The highest BCUT2D eigenvalue weighted by atomic mass is 32.3. The highest BCUT2D eigenvalue weighted by Gasteiger charge is 2.51. The first-order valence-corrected chi connectivity index (χ1v) is 12.8. The van der Waals surface area contributed by atoms with Crippen LogP contribution in [0.2, 0.25) is 0 Å². The zero-order valence-corrected chi connectivity index (χ0v) is 21.8. The molecule has 1 aromatic carbocycles. The Labute approximate surface area is 222 Å². The molecule has 7 N–H and O–H groups in total. The fourth-order valence-corrected chi connectivity index (χ4v) is 4.35. The van der Waals surface area contributed by atoms with E-state index in [1.807, 2.05) is 0 Å². The van der Waals surface area contributed by atoms with E-state index in [1.54, 1.807) is 0 Å². The van der Waals surface area contributed by atoms with Gasteiger partial charge in [0.25, 0.3) is 0 Å². The zero-order chi connectivity index (χ0) is 29.1. The maximum atomic E-state index is 11.1. The fraction of sp³-hybridized carbons (Fsp3) is 0.714. The van der Waals surface area contributed by atoms with Crippen LogP contribution in [0.25, 0.3) is 0 Å². The highest BCUT2D eigenvalue weighted by molar-refractivity contribution is 7.80. The van der Waals surface area contributed by atoms with Gasteiger partial charge >= 0.3 is 10.4 Å². The molecule has 1 aromatic rings. The molecule has 2 saturated heterocycles. The molecule has 0 spiro atoms. The van der Waals surface area contributed by atoms with E-state index in [-0.39, 0.29) is 23.0 Å². The predicted octanol–water partition coefficient (Wildman–Crippen LogP) is -3.46. The first-order valence-electron chi connectivity index (χ1n) is 11.4. The van der Waals surface area contributed by atoms with Crippen LogP contribution in [0.1, 0.15) is 0 Å². The Kier molecular flexibility index (Phi) is 10.5. The van der Waals surface area contributed by atoms with Crippen molar-refractivity contribution in [1.82, 2.24) is 0 Å². The van der Waals surface area contributed by atoms with E-state index < -0.39 is 85.0 Å². The molecule has 2 aliphatic heterocycles. The Balaban J connectivity index is 1.91. The lowest BCUT2D eigenvalue weighted by atomic mass is 9.97. The van der Waals surface area contributed by atoms with Gasteiger partial charge in [-0.15, -0.1) is 0 Å². The number of aliphatic hydroxyl groups is 6. The second-order valence-electron chi connectivity index (χ2n) is 8.51. The minimum absolute atomic E-state index is 0.00835. The lowest BCUT2D eigenvalue weighted by Gasteiger charge is -2.46. The molecule has 3 rings (SSSR count). The van der Waals surface area contributed by atoms with E-state index in [0.29, 0.717) is 0 Å². The van der Waals surface area contributed by atoms with Gasteiger partial charge < -0.3 is 63.8 Å². The molecule has 0 aromatic heterocycles. The van der Waals surface area contributed by atoms with E-state index in [4.69, 9.17) is 37.7 Å². The van der Waals surface area contributed by atoms with Crippen molar-refractivity contribution in [3.05, 3.63) is 12.1 Å². The van der Waals surface area contributed by atoms with Crippen molar-refractivity contribution in [3.8, 4) is 23.0 Å². The summed E-state index contributed by atoms with van der Waals surface area (Å²) < 4.78 is 73.2. The number of hydrogen-bond acceptors (Lipinski definition) is 16. The van der Waals surface area contributed by atoms with Crippen molar-refractivity contribution >= 4 is 10.4 Å². The van der Waals surface area contributed by atoms with Crippen LogP contribution in [0.3, 0.4) is 0 Å². The van der Waals surface area contributed by atoms with Crippen molar-refractivity contribution in [2.75, 3.05) is 34.5 Å². The molecular weight excluding hydrogens is 556 g/mol. The third kappa shape index (κ3) is 7.17. The van der Waals surface area contributed by atoms with Crippen LogP contribution in [-0.4, -0.2) is 140 Å². The smallest absolute Gasteiger partial charge is 0.397 e. The molecule has 0 amide bonds. The summed E-state index contributed by atoms with van der Waals surface area (Å²) in [4.78, 5) is 0. The van der Waals surface area contributed by atoms with E-state index in [0.717, 1.165) is 0 Å². The van der Waals surface area contributed by atoms with Gasteiger partial charge in [0, 0.05) is 12.1 Å². The molecule has 0 bridgehead atoms. The van der Waals surface area contributed by atoms with Crippen LogP contribution >= 0.6 is 0 Å². The molecule has 0 unspecified atom stereocenters. The largest absolute Gasteiger partial charge is 0.493 e. The molecule has 0 radical (unpaired) electrons. The molecule has 224 valence electrons. The summed E-state index contributed by atoms with van der Waals surface area (Å²) in [6, 6.07) is 2.69. The molecular formula is C21H32O17S. The second kappa shape index (κ2) is 13.1. The van der Waals surface area contributed by atoms with E-state index in [1.165, 1.54) is 33.5 Å². The first-order chi connectivity index (χ1) is 18.3. The van der Waals surface area contributed by atoms with Crippen molar-refractivity contribution in [2.45, 2.75) is 61.4 Å². The van der Waals surface area contributed by atoms with Gasteiger partial charge in [-0.2, -0.15) is 8.42 Å². The van der Waals surface area contributed by atoms with Gasteiger partial charge in [-0.05, 0) is 0 Å². The highest BCUT2D eigenvalue weighted by Crippen LogP contribution is 2.41. The van der Waals surface area contributed by atoms with Gasteiger partial charge in [0.15, 0.2) is 17.8 Å². The van der Waals surface area contributed by atoms with Gasteiger partial charge in [0.2, 0.25) is 12.0 Å². The summed E-state index contributed by atoms with van der Waals surface area (Å²) in [5.41, 5.74) is 0. The van der Waals surface area contributed by atoms with Crippen LogP contribution in [0.5, 0.6) is 23.0 Å². The normalized spacial score (nSPS) is 35.3. The summed E-state index contributed by atoms with van der Waals surface area (Å²) in [6.07, 6.45) is -17.4. The van der Waals surface area contributed by atoms with Crippen LogP contribution < -0.4 is 18.9 Å². The number of rotatable bonds is 11. The zero-order valence-electron chi connectivity index (χ0n) is 21.0. The number of aliphatic hydroxyl groups excluding tert-OH is 6. The van der Waals surface area contributed by atoms with Gasteiger partial charge in [0.05, 0.1) is 34.5 Å². The number of ether oxygens (including phenoxy) is 7. The topological polar surface area (TPSA) is 250 Å². The van der Waals surface area contributed by atoms with Gasteiger partial charge in [-0.3, -0.25) is 4.55 Å². The maximum Gasteiger partial charge on any atom is 0.397 e. The third-order valence-electron chi connectivity index (χ3n) is 6.05. The van der Waals surface area contributed by atoms with Crippen molar-refractivity contribution in [3.63, 3.8) is 0 Å². The Hall–Kier alpha value is -2.07. The Morgan fingerprint density at radius 1 is 0.795 bits per heavy atom. The van der Waals surface area contributed by atoms with Gasteiger partial charge in [-0.25, -0.2) is 4.18 Å². The summed E-state index contributed by atoms with van der Waals surface area (Å²) >= 11 is 0. The van der Waals surface area contributed by atoms with Crippen LogP contribution in [-0.2, 0) is 28.8 Å². The Morgan fingerprint density at radius 3 is 1.90 bits per heavy atom. The molecule has 39 heavy (non-hydrogen) atoms. The third-order valence-corrected chi connectivity index (χ3v) is 6.49. The molecule has 17 nitrogen and oxygen atoms in total. The molecule has 18 heteroatoms. The number of benzene rings is 1. The average Bonchev–Trinajstić information content (AvgIpc) is 2.90. The first kappa shape index (κ1) is 31.5. The molecule has 0 aliphatic carbocycles. The lowest BCUT2D eigenvalue weighted by molar-refractivity contribution is -0.352. The monoisotopic (exact) mass is 588 g/mol. The molecule has 10 atom stereocenters. The van der Waals surface area contributed by atoms with E-state index in [9.17, 15) is 39.1 Å². The van der Waals surface area contributed by atoms with E-state index >= 15 is 0 Å². The summed E-state index contributed by atoms with van der Waals surface area (Å²) in [6.45, 7) is -1.74. The summed E-state index contributed by atoms with van der Waals surface area (Å²) in [5, 5.41) is 61.6. The number of methoxy groups -OCH3 is 3. The van der Waals surface area contributed by atoms with Crippen molar-refractivity contribution in [2.24, 2.45) is 0 Å². The second-order valence-corrected chi connectivity index (χ2v) is 9.60. The number of hydrogen-bond donors (Lipinski definition) is 7. The van der Waals surface area contributed by atoms with Crippen LogP contribution in [0.15, 0.2) is 12.1 Å². The van der Waals surface area contributed by atoms with Crippen LogP contribution in [0.4, 0.5) is 0 Å². The molecule has 0 saturated carbocycles. The van der Waals surface area contributed by atoms with Crippen LogP contribution in [0, 0.1) is 0 Å². The summed E-state index contributed by atoms with van der Waals surface area (Å²) in [7, 11) is -0.916. The lowest BCUT2D eigenvalue weighted by Crippen LogP contribution is -2.65. The average molecular weight is 589 g/mol. The SMILES string of the molecule is COc1cc(O[C@@H]2O[C@H](COS(=O)(=O)O)[C@@H](O)[C@H](O[C@@H]3O[C@H](CO)[C@H](O)[C@H](O)[C@H]3O)[C@H]2O)cc(OC)c1OC. The van der Waals surface area contributed by atoms with Crippen molar-refractivity contribution < 1.29 is 81.0 Å². The van der Waals surface area contributed by atoms with Gasteiger partial charge in [0.1, 0.15) is 54.6 Å². The minimum Gasteiger partial charge on any atom is -0.493 e. The fourth-order valence-electron chi connectivity index (χ4n) is 4.05. The Bertz CT molecular complexity index is 1030. The standard InChI is InChI=1S/C21H32O17S/c1-31-9-4-8(5-10(32-2)18(9)33-3)35-21-17(27)19(14(24)12(37-21)7-34-39(28,29)30)38-20-16(26)15(25)13(23)11(6-22)36-20/h4-5,11-17,19-27H,6-7H2,1-3H3,(H,28,29,30)/t11-,12-,13+,14-,15+,16-,17-,19+,20+,21-/m1/s1. The predicted molar refractivity (Wildman–Crippen MR) is 124 cm³/mol. The van der Waals surface area contributed by atoms with E-state index in [2.05, 4.69) is 4.18 Å². The quantitative estimate of drug-likeness (QED) is 0.124. The van der Waals surface area contributed by atoms with Gasteiger partial charge in [-0.1, -0.05) is 0 Å². The molecule has 2 aliphatic rings.